The van der Waals surface area contributed by atoms with E-state index in [1.807, 2.05) is 0 Å². The van der Waals surface area contributed by atoms with E-state index in [-0.39, 0.29) is 6.10 Å². The molecule has 3 rings (SSSR count). The van der Waals surface area contributed by atoms with Crippen LogP contribution in [0, 0.1) is 40.9 Å². The summed E-state index contributed by atoms with van der Waals surface area (Å²) in [6, 6.07) is 0. The van der Waals surface area contributed by atoms with Crippen molar-refractivity contribution in [2.45, 2.75) is 118 Å². The minimum absolute atomic E-state index is 0.0916. The number of hydrogen-bond donors (Lipinski definition) is 1. The molecule has 7 atom stereocenters. The van der Waals surface area contributed by atoms with Crippen molar-refractivity contribution in [3.63, 3.8) is 0 Å². The second-order valence-corrected chi connectivity index (χ2v) is 11.8. The van der Waals surface area contributed by atoms with Crippen molar-refractivity contribution in [2.75, 3.05) is 0 Å². The fourth-order valence-corrected chi connectivity index (χ4v) is 7.41. The maximum atomic E-state index is 10.2. The van der Waals surface area contributed by atoms with Gasteiger partial charge in [-0.15, -0.1) is 0 Å². The monoisotopic (exact) mass is 414 g/mol. The van der Waals surface area contributed by atoms with Gasteiger partial charge in [0.1, 0.15) is 0 Å². The summed E-state index contributed by atoms with van der Waals surface area (Å²) >= 11 is 0. The zero-order valence-electron chi connectivity index (χ0n) is 20.9. The molecule has 1 nitrogen and oxygen atoms in total. The van der Waals surface area contributed by atoms with Crippen LogP contribution in [-0.4, -0.2) is 11.2 Å². The summed E-state index contributed by atoms with van der Waals surface area (Å²) in [6.45, 7) is 14.6. The molecule has 0 saturated heterocycles. The van der Waals surface area contributed by atoms with Crippen LogP contribution in [-0.2, 0) is 0 Å². The molecule has 0 amide bonds. The van der Waals surface area contributed by atoms with Crippen molar-refractivity contribution in [1.82, 2.24) is 0 Å². The van der Waals surface area contributed by atoms with Crippen LogP contribution in [0.5, 0.6) is 0 Å². The normalized spacial score (nSPS) is 39.3. The summed E-state index contributed by atoms with van der Waals surface area (Å²) in [5, 5.41) is 10.2. The third-order valence-corrected chi connectivity index (χ3v) is 9.74. The Labute approximate surface area is 187 Å². The lowest BCUT2D eigenvalue weighted by atomic mass is 9.55. The molecule has 2 saturated carbocycles. The van der Waals surface area contributed by atoms with Gasteiger partial charge in [-0.3, -0.25) is 0 Å². The fourth-order valence-electron chi connectivity index (χ4n) is 7.41. The molecule has 30 heavy (non-hydrogen) atoms. The first kappa shape index (κ1) is 24.1. The van der Waals surface area contributed by atoms with Crippen LogP contribution in [0.25, 0.3) is 0 Å². The minimum atomic E-state index is -0.0916. The van der Waals surface area contributed by atoms with Gasteiger partial charge in [-0.25, -0.2) is 0 Å². The van der Waals surface area contributed by atoms with Gasteiger partial charge in [-0.1, -0.05) is 70.8 Å². The fraction of sp³-hybridized carbons (Fsp3) is 0.862. The topological polar surface area (TPSA) is 20.2 Å². The lowest BCUT2D eigenvalue weighted by Gasteiger charge is -2.50. The van der Waals surface area contributed by atoms with Crippen LogP contribution in [0.3, 0.4) is 0 Å². The molecule has 1 N–H and O–H groups in total. The highest BCUT2D eigenvalue weighted by molar-refractivity contribution is 5.23. The molecule has 172 valence electrons. The van der Waals surface area contributed by atoms with E-state index in [1.54, 1.807) is 11.1 Å². The average molecular weight is 415 g/mol. The number of allylic oxidation sites excluding steroid dienone is 3. The lowest BCUT2D eigenvalue weighted by molar-refractivity contribution is 0.0430. The summed E-state index contributed by atoms with van der Waals surface area (Å²) in [6.07, 6.45) is 19.0. The number of aliphatic hydroxyl groups excluding tert-OH is 1. The van der Waals surface area contributed by atoms with E-state index in [0.29, 0.717) is 5.41 Å². The maximum Gasteiger partial charge on any atom is 0.0577 e. The summed E-state index contributed by atoms with van der Waals surface area (Å²) in [5.41, 5.74) is 3.64. The Hall–Kier alpha value is -0.560. The Morgan fingerprint density at radius 3 is 2.67 bits per heavy atom. The van der Waals surface area contributed by atoms with Gasteiger partial charge in [-0.2, -0.15) is 0 Å². The summed E-state index contributed by atoms with van der Waals surface area (Å²) in [4.78, 5) is 0. The average Bonchev–Trinajstić information content (AvgIpc) is 2.78. The largest absolute Gasteiger partial charge is 0.393 e. The molecule has 0 aliphatic heterocycles. The highest BCUT2D eigenvalue weighted by Crippen LogP contribution is 2.56. The molecule has 3 aliphatic rings. The van der Waals surface area contributed by atoms with Crippen LogP contribution in [0.4, 0.5) is 0 Å². The van der Waals surface area contributed by atoms with Crippen molar-refractivity contribution >= 4 is 0 Å². The second-order valence-electron chi connectivity index (χ2n) is 11.8. The minimum Gasteiger partial charge on any atom is -0.393 e. The molecule has 0 aromatic rings. The van der Waals surface area contributed by atoms with Gasteiger partial charge in [0, 0.05) is 0 Å². The van der Waals surface area contributed by atoms with Crippen molar-refractivity contribution in [1.29, 1.82) is 0 Å². The van der Waals surface area contributed by atoms with Crippen molar-refractivity contribution in [2.24, 2.45) is 40.9 Å². The van der Waals surface area contributed by atoms with Gasteiger partial charge in [0.15, 0.2) is 0 Å². The van der Waals surface area contributed by atoms with Gasteiger partial charge in [0.05, 0.1) is 6.10 Å². The van der Waals surface area contributed by atoms with Gasteiger partial charge < -0.3 is 5.11 Å². The molecule has 0 aromatic heterocycles. The second kappa shape index (κ2) is 10.4. The standard InChI is InChI=1S/C29H50O/c1-7-23(20(2)3)13-11-21(4)27-10-8-9-24-14-15-25-19-26(30)17-18-29(25,6)28(24)16-12-22(27)5/h11,15,20,22-24,26-28,30H,7-10,12-14,16-19H2,1-6H3/b21-11+/t22-,23+,24+,26-,27+,28-,29-/m0/s1. The number of fused-ring (bicyclic) bond motifs is 3. The zero-order valence-corrected chi connectivity index (χ0v) is 20.9. The maximum absolute atomic E-state index is 10.2. The lowest BCUT2D eigenvalue weighted by Crippen LogP contribution is -2.42. The molecular weight excluding hydrogens is 364 g/mol. The van der Waals surface area contributed by atoms with Crippen LogP contribution >= 0.6 is 0 Å². The van der Waals surface area contributed by atoms with Crippen LogP contribution in [0.15, 0.2) is 23.3 Å². The highest BCUT2D eigenvalue weighted by Gasteiger charge is 2.46. The molecule has 0 unspecified atom stereocenters. The Morgan fingerprint density at radius 1 is 1.20 bits per heavy atom. The summed E-state index contributed by atoms with van der Waals surface area (Å²) in [7, 11) is 0. The van der Waals surface area contributed by atoms with E-state index < -0.39 is 0 Å². The van der Waals surface area contributed by atoms with Gasteiger partial charge in [0.25, 0.3) is 0 Å². The van der Waals surface area contributed by atoms with Gasteiger partial charge in [0.2, 0.25) is 0 Å². The van der Waals surface area contributed by atoms with E-state index >= 15 is 0 Å². The Kier molecular flexibility index (Phi) is 8.33. The number of aliphatic hydroxyl groups is 1. The van der Waals surface area contributed by atoms with Crippen LogP contribution in [0.1, 0.15) is 112 Å². The van der Waals surface area contributed by atoms with E-state index in [9.17, 15) is 5.11 Å². The quantitative estimate of drug-likeness (QED) is 0.448. The molecule has 1 heteroatoms. The van der Waals surface area contributed by atoms with Crippen molar-refractivity contribution < 1.29 is 5.11 Å². The molecule has 0 aromatic carbocycles. The number of hydrogen-bond acceptors (Lipinski definition) is 1. The predicted molar refractivity (Wildman–Crippen MR) is 130 cm³/mol. The molecular formula is C29H50O. The summed E-state index contributed by atoms with van der Waals surface area (Å²) in [5.74, 6) is 4.90. The van der Waals surface area contributed by atoms with E-state index in [1.165, 1.54) is 57.8 Å². The SMILES string of the molecule is CC[C@H](C/C=C(\C)[C@H]1CCC[C@@H]2CC=C3C[C@@H](O)CC[C@]3(C)[C@H]2CC[C@@H]1C)C(C)C. The summed E-state index contributed by atoms with van der Waals surface area (Å²) < 4.78 is 0. The van der Waals surface area contributed by atoms with Crippen molar-refractivity contribution in [3.8, 4) is 0 Å². The van der Waals surface area contributed by atoms with E-state index in [4.69, 9.17) is 0 Å². The van der Waals surface area contributed by atoms with Gasteiger partial charge >= 0.3 is 0 Å². The molecule has 0 heterocycles. The highest BCUT2D eigenvalue weighted by atomic mass is 16.3. The van der Waals surface area contributed by atoms with Crippen LogP contribution in [0.2, 0.25) is 0 Å². The zero-order chi connectivity index (χ0) is 21.9. The third kappa shape index (κ3) is 5.25. The van der Waals surface area contributed by atoms with E-state index in [0.717, 1.165) is 48.3 Å². The van der Waals surface area contributed by atoms with Crippen molar-refractivity contribution in [3.05, 3.63) is 23.3 Å². The Balaban J connectivity index is 1.70. The first-order chi connectivity index (χ1) is 14.3. The smallest absolute Gasteiger partial charge is 0.0577 e. The Bertz CT molecular complexity index is 614. The first-order valence-electron chi connectivity index (χ1n) is 13.3. The molecule has 0 spiro atoms. The molecule has 0 radical (unpaired) electrons. The van der Waals surface area contributed by atoms with E-state index in [2.05, 4.69) is 53.7 Å². The Morgan fingerprint density at radius 2 is 1.97 bits per heavy atom. The molecule has 0 bridgehead atoms. The molecule has 2 fully saturated rings. The van der Waals surface area contributed by atoms with Crippen LogP contribution < -0.4 is 0 Å². The number of rotatable bonds is 5. The predicted octanol–water partition coefficient (Wildman–Crippen LogP) is 8.34. The van der Waals surface area contributed by atoms with Gasteiger partial charge in [-0.05, 0) is 106 Å². The molecule has 3 aliphatic carbocycles. The third-order valence-electron chi connectivity index (χ3n) is 9.74. The first-order valence-corrected chi connectivity index (χ1v) is 13.3.